The number of carbonyl (C=O) groups excluding carboxylic acids is 1. The molecule has 0 radical (unpaired) electrons. The maximum Gasteiger partial charge on any atom is 0.339 e. The van der Waals surface area contributed by atoms with Crippen LogP contribution in [0.1, 0.15) is 21.7 Å². The van der Waals surface area contributed by atoms with Crippen molar-refractivity contribution in [3.8, 4) is 0 Å². The van der Waals surface area contributed by atoms with Gasteiger partial charge in [0.2, 0.25) is 0 Å². The van der Waals surface area contributed by atoms with Gasteiger partial charge in [0, 0.05) is 32.5 Å². The first-order chi connectivity index (χ1) is 9.19. The normalized spacial score (nSPS) is 10.4. The van der Waals surface area contributed by atoms with Crippen molar-refractivity contribution in [2.24, 2.45) is 7.05 Å². The second kappa shape index (κ2) is 6.10. The summed E-state index contributed by atoms with van der Waals surface area (Å²) in [5.41, 5.74) is 2.30. The van der Waals surface area contributed by atoms with Gasteiger partial charge in [-0.25, -0.2) is 4.79 Å². The molecule has 0 aliphatic carbocycles. The summed E-state index contributed by atoms with van der Waals surface area (Å²) in [6, 6.07) is 5.47. The maximum atomic E-state index is 11.2. The lowest BCUT2D eigenvalue weighted by atomic mass is 10.2. The van der Waals surface area contributed by atoms with Gasteiger partial charge in [0.25, 0.3) is 0 Å². The van der Waals surface area contributed by atoms with Crippen molar-refractivity contribution in [3.63, 3.8) is 0 Å². The Morgan fingerprint density at radius 2 is 2.11 bits per heavy atom. The highest BCUT2D eigenvalue weighted by atomic mass is 16.5. The molecule has 6 heteroatoms. The van der Waals surface area contributed by atoms with Crippen LogP contribution in [-0.2, 0) is 24.9 Å². The number of methoxy groups -OCH3 is 1. The quantitative estimate of drug-likeness (QED) is 0.809. The Hall–Kier alpha value is -2.21. The van der Waals surface area contributed by atoms with Gasteiger partial charge in [-0.1, -0.05) is 0 Å². The number of carbonyl (C=O) groups is 1. The molecule has 0 saturated heterocycles. The van der Waals surface area contributed by atoms with Gasteiger partial charge in [0.15, 0.2) is 0 Å². The number of aryl methyl sites for hydroxylation is 1. The van der Waals surface area contributed by atoms with Crippen LogP contribution in [0.5, 0.6) is 0 Å². The molecule has 6 nitrogen and oxygen atoms in total. The van der Waals surface area contributed by atoms with Crippen molar-refractivity contribution in [1.82, 2.24) is 20.1 Å². The lowest BCUT2D eigenvalue weighted by Gasteiger charge is -2.03. The number of hydrogen-bond donors (Lipinski definition) is 1. The van der Waals surface area contributed by atoms with Gasteiger partial charge in [-0.3, -0.25) is 9.67 Å². The third-order valence-corrected chi connectivity index (χ3v) is 2.63. The Labute approximate surface area is 111 Å². The van der Waals surface area contributed by atoms with E-state index in [1.807, 2.05) is 19.3 Å². The van der Waals surface area contributed by atoms with Crippen LogP contribution in [0.3, 0.4) is 0 Å². The topological polar surface area (TPSA) is 69.0 Å². The largest absolute Gasteiger partial charge is 0.465 e. The number of ether oxygens (including phenoxy) is 1. The molecular formula is C13H16N4O2. The van der Waals surface area contributed by atoms with Crippen molar-refractivity contribution in [2.75, 3.05) is 7.11 Å². The molecule has 1 N–H and O–H groups in total. The summed E-state index contributed by atoms with van der Waals surface area (Å²) in [6.07, 6.45) is 3.42. The van der Waals surface area contributed by atoms with Crippen molar-refractivity contribution in [1.29, 1.82) is 0 Å². The lowest BCUT2D eigenvalue weighted by Crippen LogP contribution is -2.14. The van der Waals surface area contributed by atoms with E-state index in [4.69, 9.17) is 0 Å². The zero-order valence-corrected chi connectivity index (χ0v) is 11.0. The van der Waals surface area contributed by atoms with E-state index in [1.165, 1.54) is 13.3 Å². The van der Waals surface area contributed by atoms with Gasteiger partial charge < -0.3 is 10.1 Å². The molecule has 100 valence electrons. The van der Waals surface area contributed by atoms with Crippen LogP contribution in [-0.4, -0.2) is 27.8 Å². The van der Waals surface area contributed by atoms with E-state index in [0.717, 1.165) is 11.4 Å². The molecule has 0 saturated carbocycles. The van der Waals surface area contributed by atoms with E-state index in [1.54, 1.807) is 16.8 Å². The Morgan fingerprint density at radius 1 is 1.32 bits per heavy atom. The fourth-order valence-corrected chi connectivity index (χ4v) is 1.64. The molecular weight excluding hydrogens is 244 g/mol. The zero-order valence-electron chi connectivity index (χ0n) is 11.0. The monoisotopic (exact) mass is 260 g/mol. The number of nitrogens with one attached hydrogen (secondary N) is 1. The number of nitrogens with zero attached hydrogens (tertiary/aromatic N) is 3. The smallest absolute Gasteiger partial charge is 0.339 e. The van der Waals surface area contributed by atoms with Crippen molar-refractivity contribution in [2.45, 2.75) is 13.1 Å². The number of hydrogen-bond acceptors (Lipinski definition) is 5. The number of aromatic nitrogens is 3. The standard InChI is InChI=1S/C13H16N4O2/c1-17-6-5-12(16-17)9-14-8-11-4-3-10(7-15-11)13(18)19-2/h3-7,14H,8-9H2,1-2H3. The van der Waals surface area contributed by atoms with Gasteiger partial charge >= 0.3 is 5.97 Å². The summed E-state index contributed by atoms with van der Waals surface area (Å²) in [5.74, 6) is -0.375. The van der Waals surface area contributed by atoms with E-state index in [2.05, 4.69) is 20.1 Å². The molecule has 0 aliphatic rings. The third kappa shape index (κ3) is 3.62. The minimum Gasteiger partial charge on any atom is -0.465 e. The minimum absolute atomic E-state index is 0.375. The molecule has 2 rings (SSSR count). The first-order valence-corrected chi connectivity index (χ1v) is 5.91. The fourth-order valence-electron chi connectivity index (χ4n) is 1.64. The number of rotatable bonds is 5. The maximum absolute atomic E-state index is 11.2. The molecule has 0 unspecified atom stereocenters. The van der Waals surface area contributed by atoms with Gasteiger partial charge in [-0.05, 0) is 18.2 Å². The average Bonchev–Trinajstić information content (AvgIpc) is 2.84. The Balaban J connectivity index is 1.84. The highest BCUT2D eigenvalue weighted by Crippen LogP contribution is 2.02. The van der Waals surface area contributed by atoms with Crippen LogP contribution in [0.25, 0.3) is 0 Å². The second-order valence-electron chi connectivity index (χ2n) is 4.11. The molecule has 2 aromatic heterocycles. The van der Waals surface area contributed by atoms with E-state index in [0.29, 0.717) is 18.7 Å². The Kier molecular flexibility index (Phi) is 4.25. The van der Waals surface area contributed by atoms with Crippen LogP contribution in [0.2, 0.25) is 0 Å². The SMILES string of the molecule is COC(=O)c1ccc(CNCc2ccn(C)n2)nc1. The summed E-state index contributed by atoms with van der Waals surface area (Å²) in [5, 5.41) is 7.50. The molecule has 0 amide bonds. The summed E-state index contributed by atoms with van der Waals surface area (Å²) in [4.78, 5) is 15.4. The molecule has 2 aromatic rings. The molecule has 0 bridgehead atoms. The fraction of sp³-hybridized carbons (Fsp3) is 0.308. The van der Waals surface area contributed by atoms with Crippen LogP contribution in [0.4, 0.5) is 0 Å². The van der Waals surface area contributed by atoms with E-state index in [-0.39, 0.29) is 5.97 Å². The zero-order chi connectivity index (χ0) is 13.7. The Morgan fingerprint density at radius 3 is 2.68 bits per heavy atom. The van der Waals surface area contributed by atoms with E-state index >= 15 is 0 Å². The molecule has 19 heavy (non-hydrogen) atoms. The molecule has 0 spiro atoms. The van der Waals surface area contributed by atoms with Crippen molar-refractivity contribution < 1.29 is 9.53 Å². The molecule has 0 aliphatic heterocycles. The predicted octanol–water partition coefficient (Wildman–Crippen LogP) is 0.891. The van der Waals surface area contributed by atoms with Crippen LogP contribution in [0, 0.1) is 0 Å². The highest BCUT2D eigenvalue weighted by molar-refractivity contribution is 5.88. The molecule has 0 atom stereocenters. The first-order valence-electron chi connectivity index (χ1n) is 5.91. The van der Waals surface area contributed by atoms with E-state index in [9.17, 15) is 4.79 Å². The highest BCUT2D eigenvalue weighted by Gasteiger charge is 2.05. The second-order valence-corrected chi connectivity index (χ2v) is 4.11. The summed E-state index contributed by atoms with van der Waals surface area (Å²) in [7, 11) is 3.24. The lowest BCUT2D eigenvalue weighted by molar-refractivity contribution is 0.0600. The van der Waals surface area contributed by atoms with Gasteiger partial charge in [0.05, 0.1) is 24.1 Å². The van der Waals surface area contributed by atoms with Gasteiger partial charge in [0.1, 0.15) is 0 Å². The molecule has 0 aromatic carbocycles. The van der Waals surface area contributed by atoms with Crippen molar-refractivity contribution in [3.05, 3.63) is 47.5 Å². The van der Waals surface area contributed by atoms with Gasteiger partial charge in [-0.2, -0.15) is 5.10 Å². The summed E-state index contributed by atoms with van der Waals surface area (Å²) in [6.45, 7) is 1.30. The number of pyridine rings is 1. The van der Waals surface area contributed by atoms with E-state index < -0.39 is 0 Å². The van der Waals surface area contributed by atoms with Gasteiger partial charge in [-0.15, -0.1) is 0 Å². The minimum atomic E-state index is -0.375. The number of esters is 1. The van der Waals surface area contributed by atoms with Crippen LogP contribution < -0.4 is 5.32 Å². The first kappa shape index (κ1) is 13.2. The molecule has 0 fully saturated rings. The van der Waals surface area contributed by atoms with Crippen LogP contribution >= 0.6 is 0 Å². The third-order valence-electron chi connectivity index (χ3n) is 2.63. The summed E-state index contributed by atoms with van der Waals surface area (Å²) < 4.78 is 6.38. The predicted molar refractivity (Wildman–Crippen MR) is 69.3 cm³/mol. The molecule has 2 heterocycles. The summed E-state index contributed by atoms with van der Waals surface area (Å²) >= 11 is 0. The van der Waals surface area contributed by atoms with Crippen molar-refractivity contribution >= 4 is 5.97 Å². The average molecular weight is 260 g/mol. The Bertz CT molecular complexity index is 548. The van der Waals surface area contributed by atoms with Crippen LogP contribution in [0.15, 0.2) is 30.6 Å².